The number of rotatable bonds is 6. The van der Waals surface area contributed by atoms with Crippen LogP contribution in [-0.4, -0.2) is 37.3 Å². The Kier molecular flexibility index (Phi) is 6.38. The maximum atomic E-state index is 11.4. The van der Waals surface area contributed by atoms with Gasteiger partial charge in [-0.3, -0.25) is 9.63 Å². The van der Waals surface area contributed by atoms with E-state index in [0.29, 0.717) is 6.61 Å². The van der Waals surface area contributed by atoms with Crippen LogP contribution < -0.4 is 5.32 Å². The Morgan fingerprint density at radius 1 is 1.26 bits per heavy atom. The van der Waals surface area contributed by atoms with Crippen molar-refractivity contribution in [3.8, 4) is 0 Å². The van der Waals surface area contributed by atoms with Crippen molar-refractivity contribution < 1.29 is 19.2 Å². The number of carbonyl (C=O) groups excluding carboxylic acids is 2. The molecular formula is C13H18N2O4. The van der Waals surface area contributed by atoms with Gasteiger partial charge in [0.25, 0.3) is 5.91 Å². The minimum absolute atomic E-state index is 0.163. The number of likely N-dealkylation sites (N-methyl/N-ethyl adjacent to an activating group) is 1. The van der Waals surface area contributed by atoms with Crippen molar-refractivity contribution in [2.24, 2.45) is 0 Å². The number of nitrogens with zero attached hydrogens (tertiary/aromatic N) is 1. The number of nitrogens with one attached hydrogen (secondary N) is 1. The molecule has 2 amide bonds. The number of carbonyl (C=O) groups is 2. The van der Waals surface area contributed by atoms with Gasteiger partial charge in [0.15, 0.2) is 0 Å². The molecule has 6 heteroatoms. The average molecular weight is 266 g/mol. The summed E-state index contributed by atoms with van der Waals surface area (Å²) in [6.45, 7) is 2.16. The van der Waals surface area contributed by atoms with Crippen LogP contribution in [0.5, 0.6) is 0 Å². The van der Waals surface area contributed by atoms with Crippen LogP contribution in [0.1, 0.15) is 12.5 Å². The molecule has 1 aromatic carbocycles. The second-order valence-corrected chi connectivity index (χ2v) is 3.72. The number of hydrogen-bond donors (Lipinski definition) is 1. The summed E-state index contributed by atoms with van der Waals surface area (Å²) in [6, 6.07) is 9.29. The van der Waals surface area contributed by atoms with E-state index in [1.807, 2.05) is 30.3 Å². The van der Waals surface area contributed by atoms with E-state index in [9.17, 15) is 9.59 Å². The highest BCUT2D eigenvalue weighted by Crippen LogP contribution is 2.00. The molecule has 0 saturated heterocycles. The third-order valence-electron chi connectivity index (χ3n) is 2.27. The quantitative estimate of drug-likeness (QED) is 0.789. The van der Waals surface area contributed by atoms with Gasteiger partial charge in [-0.05, 0) is 12.5 Å². The molecule has 1 rings (SSSR count). The summed E-state index contributed by atoms with van der Waals surface area (Å²) in [4.78, 5) is 27.8. The number of alkyl carbamates (subject to hydrolysis) is 1. The summed E-state index contributed by atoms with van der Waals surface area (Å²) in [7, 11) is 1.49. The molecule has 0 atom stereocenters. The molecule has 0 saturated carbocycles. The maximum Gasteiger partial charge on any atom is 0.407 e. The highest BCUT2D eigenvalue weighted by molar-refractivity contribution is 5.81. The lowest BCUT2D eigenvalue weighted by Gasteiger charge is -2.15. The summed E-state index contributed by atoms with van der Waals surface area (Å²) in [5, 5.41) is 3.44. The summed E-state index contributed by atoms with van der Waals surface area (Å²) in [5.41, 5.74) is 0.885. The van der Waals surface area contributed by atoms with Crippen LogP contribution in [0.2, 0.25) is 0 Å². The van der Waals surface area contributed by atoms with Crippen LogP contribution in [0.3, 0.4) is 0 Å². The van der Waals surface area contributed by atoms with E-state index in [1.54, 1.807) is 6.92 Å². The van der Waals surface area contributed by atoms with Crippen molar-refractivity contribution in [2.75, 3.05) is 20.2 Å². The van der Waals surface area contributed by atoms with Gasteiger partial charge >= 0.3 is 6.09 Å². The molecule has 6 nitrogen and oxygen atoms in total. The van der Waals surface area contributed by atoms with Crippen LogP contribution >= 0.6 is 0 Å². The second-order valence-electron chi connectivity index (χ2n) is 3.72. The van der Waals surface area contributed by atoms with E-state index >= 15 is 0 Å². The highest BCUT2D eigenvalue weighted by atomic mass is 16.7. The zero-order chi connectivity index (χ0) is 14.1. The molecule has 0 aliphatic rings. The largest absolute Gasteiger partial charge is 0.445 e. The zero-order valence-corrected chi connectivity index (χ0v) is 11.1. The zero-order valence-electron chi connectivity index (χ0n) is 11.1. The number of ether oxygens (including phenoxy) is 1. The molecule has 0 fully saturated rings. The van der Waals surface area contributed by atoms with Gasteiger partial charge in [-0.2, -0.15) is 0 Å². The van der Waals surface area contributed by atoms with E-state index < -0.39 is 6.09 Å². The third-order valence-corrected chi connectivity index (χ3v) is 2.27. The van der Waals surface area contributed by atoms with Gasteiger partial charge in [-0.25, -0.2) is 9.86 Å². The molecule has 0 bridgehead atoms. The van der Waals surface area contributed by atoms with E-state index in [-0.39, 0.29) is 19.1 Å². The van der Waals surface area contributed by atoms with Crippen LogP contribution in [-0.2, 0) is 21.0 Å². The molecule has 0 heterocycles. The minimum atomic E-state index is -0.637. The van der Waals surface area contributed by atoms with Gasteiger partial charge in [0.05, 0.1) is 6.61 Å². The monoisotopic (exact) mass is 266 g/mol. The van der Waals surface area contributed by atoms with Gasteiger partial charge in [-0.1, -0.05) is 30.3 Å². The molecule has 0 aliphatic carbocycles. The fourth-order valence-corrected chi connectivity index (χ4v) is 1.30. The molecule has 1 aromatic rings. The SMILES string of the molecule is CCON(C)C(=O)CNC(=O)OCc1ccccc1. The molecule has 0 spiro atoms. The van der Waals surface area contributed by atoms with Crippen molar-refractivity contribution in [1.29, 1.82) is 0 Å². The maximum absolute atomic E-state index is 11.4. The van der Waals surface area contributed by atoms with Crippen molar-refractivity contribution in [1.82, 2.24) is 10.4 Å². The summed E-state index contributed by atoms with van der Waals surface area (Å²) < 4.78 is 4.96. The van der Waals surface area contributed by atoms with Crippen molar-refractivity contribution in [2.45, 2.75) is 13.5 Å². The van der Waals surface area contributed by atoms with E-state index in [2.05, 4.69) is 5.32 Å². The Labute approximate surface area is 112 Å². The predicted octanol–water partition coefficient (Wildman–Crippen LogP) is 1.32. The molecular weight excluding hydrogens is 248 g/mol. The number of amides is 2. The van der Waals surface area contributed by atoms with Crippen molar-refractivity contribution in [3.05, 3.63) is 35.9 Å². The third kappa shape index (κ3) is 5.87. The Hall–Kier alpha value is -2.08. The van der Waals surface area contributed by atoms with Crippen molar-refractivity contribution in [3.63, 3.8) is 0 Å². The van der Waals surface area contributed by atoms with Gasteiger partial charge in [-0.15, -0.1) is 0 Å². The Bertz CT molecular complexity index is 408. The second kappa shape index (κ2) is 8.10. The standard InChI is InChI=1S/C13H18N2O4/c1-3-19-15(2)12(16)9-14-13(17)18-10-11-7-5-4-6-8-11/h4-8H,3,9-10H2,1-2H3,(H,14,17). The van der Waals surface area contributed by atoms with Gasteiger partial charge in [0.2, 0.25) is 0 Å². The lowest BCUT2D eigenvalue weighted by Crippen LogP contribution is -2.38. The molecule has 19 heavy (non-hydrogen) atoms. The summed E-state index contributed by atoms with van der Waals surface area (Å²) >= 11 is 0. The minimum Gasteiger partial charge on any atom is -0.445 e. The van der Waals surface area contributed by atoms with Crippen LogP contribution in [0.25, 0.3) is 0 Å². The van der Waals surface area contributed by atoms with Crippen molar-refractivity contribution >= 4 is 12.0 Å². The normalized spacial score (nSPS) is 9.79. The topological polar surface area (TPSA) is 67.9 Å². The molecule has 0 aliphatic heterocycles. The Balaban J connectivity index is 2.23. The lowest BCUT2D eigenvalue weighted by molar-refractivity contribution is -0.175. The Morgan fingerprint density at radius 3 is 2.58 bits per heavy atom. The highest BCUT2D eigenvalue weighted by Gasteiger charge is 2.11. The molecule has 0 unspecified atom stereocenters. The first-order valence-corrected chi connectivity index (χ1v) is 5.97. The van der Waals surface area contributed by atoms with Crippen LogP contribution in [0, 0.1) is 0 Å². The molecule has 1 N–H and O–H groups in total. The smallest absolute Gasteiger partial charge is 0.407 e. The number of hydrogen-bond acceptors (Lipinski definition) is 4. The molecule has 104 valence electrons. The fourth-order valence-electron chi connectivity index (χ4n) is 1.30. The average Bonchev–Trinajstić information content (AvgIpc) is 2.43. The number of benzene rings is 1. The molecule has 0 radical (unpaired) electrons. The van der Waals surface area contributed by atoms with Gasteiger partial charge in [0.1, 0.15) is 13.2 Å². The van der Waals surface area contributed by atoms with Crippen LogP contribution in [0.4, 0.5) is 4.79 Å². The fraction of sp³-hybridized carbons (Fsp3) is 0.385. The van der Waals surface area contributed by atoms with Gasteiger partial charge < -0.3 is 10.1 Å². The van der Waals surface area contributed by atoms with Crippen LogP contribution in [0.15, 0.2) is 30.3 Å². The van der Waals surface area contributed by atoms with E-state index in [0.717, 1.165) is 10.6 Å². The van der Waals surface area contributed by atoms with E-state index in [4.69, 9.17) is 9.57 Å². The lowest BCUT2D eigenvalue weighted by atomic mass is 10.2. The number of hydroxylamine groups is 2. The Morgan fingerprint density at radius 2 is 1.95 bits per heavy atom. The van der Waals surface area contributed by atoms with Gasteiger partial charge in [0, 0.05) is 7.05 Å². The van der Waals surface area contributed by atoms with E-state index in [1.165, 1.54) is 7.05 Å². The first-order valence-electron chi connectivity index (χ1n) is 5.97. The molecule has 0 aromatic heterocycles. The first-order chi connectivity index (χ1) is 9.13. The first kappa shape index (κ1) is 15.0. The predicted molar refractivity (Wildman–Crippen MR) is 69.0 cm³/mol. The summed E-state index contributed by atoms with van der Waals surface area (Å²) in [5.74, 6) is -0.349. The summed E-state index contributed by atoms with van der Waals surface area (Å²) in [6.07, 6.45) is -0.637.